The minimum atomic E-state index is -0.809. The molecule has 0 radical (unpaired) electrons. The van der Waals surface area contributed by atoms with Crippen LogP contribution in [-0.2, 0) is 11.3 Å². The molecule has 2 heterocycles. The first-order valence-corrected chi connectivity index (χ1v) is 9.67. The normalized spacial score (nSPS) is 28.2. The Morgan fingerprint density at radius 2 is 1.96 bits per heavy atom. The lowest BCUT2D eigenvalue weighted by Crippen LogP contribution is -2.62. The highest BCUT2D eigenvalue weighted by Crippen LogP contribution is 2.21. The third-order valence-electron chi connectivity index (χ3n) is 5.69. The van der Waals surface area contributed by atoms with Gasteiger partial charge in [0.25, 0.3) is 0 Å². The number of piperazine rings is 1. The highest BCUT2D eigenvalue weighted by atomic mass is 16.5. The molecule has 26 heavy (non-hydrogen) atoms. The van der Waals surface area contributed by atoms with E-state index < -0.39 is 6.09 Å². The summed E-state index contributed by atoms with van der Waals surface area (Å²) in [6.07, 6.45) is 0.251. The second-order valence-electron chi connectivity index (χ2n) is 7.48. The van der Waals surface area contributed by atoms with Gasteiger partial charge in [0.05, 0.1) is 13.2 Å². The largest absolute Gasteiger partial charge is 0.465 e. The summed E-state index contributed by atoms with van der Waals surface area (Å²) >= 11 is 0. The standard InChI is InChI=1S/C20H31N3O3/c1-3-18-15-26-10-9-21(18)13-19-14-23(20(24)25)16(2)11-22(19)12-17-7-5-4-6-8-17/h4-8,16,18-19H,3,9-15H2,1-2H3,(H,24,25)/t16-,18-,19+/m1/s1. The van der Waals surface area contributed by atoms with Crippen LogP contribution in [-0.4, -0.2) is 83.4 Å². The Labute approximate surface area is 156 Å². The van der Waals surface area contributed by atoms with Crippen LogP contribution in [0.25, 0.3) is 0 Å². The molecule has 3 atom stereocenters. The summed E-state index contributed by atoms with van der Waals surface area (Å²) in [6, 6.07) is 11.1. The van der Waals surface area contributed by atoms with Crippen LogP contribution in [0.2, 0.25) is 0 Å². The first kappa shape index (κ1) is 19.1. The van der Waals surface area contributed by atoms with Crippen LogP contribution in [0.15, 0.2) is 30.3 Å². The van der Waals surface area contributed by atoms with Crippen molar-refractivity contribution in [2.24, 2.45) is 0 Å². The molecule has 2 aliphatic heterocycles. The van der Waals surface area contributed by atoms with Gasteiger partial charge in [-0.15, -0.1) is 0 Å². The highest BCUT2D eigenvalue weighted by Gasteiger charge is 2.36. The van der Waals surface area contributed by atoms with Crippen molar-refractivity contribution in [2.45, 2.75) is 44.9 Å². The second kappa shape index (κ2) is 8.84. The van der Waals surface area contributed by atoms with E-state index >= 15 is 0 Å². The predicted molar refractivity (Wildman–Crippen MR) is 101 cm³/mol. The third-order valence-corrected chi connectivity index (χ3v) is 5.69. The van der Waals surface area contributed by atoms with Crippen molar-refractivity contribution in [2.75, 3.05) is 39.4 Å². The minimum Gasteiger partial charge on any atom is -0.465 e. The zero-order chi connectivity index (χ0) is 18.5. The molecule has 0 aromatic heterocycles. The van der Waals surface area contributed by atoms with E-state index in [1.807, 2.05) is 13.0 Å². The Bertz CT molecular complexity index is 583. The van der Waals surface area contributed by atoms with Crippen molar-refractivity contribution in [1.82, 2.24) is 14.7 Å². The van der Waals surface area contributed by atoms with Crippen LogP contribution in [0.1, 0.15) is 25.8 Å². The molecule has 0 saturated carbocycles. The molecule has 1 aromatic rings. The van der Waals surface area contributed by atoms with Crippen LogP contribution in [0.5, 0.6) is 0 Å². The van der Waals surface area contributed by atoms with Crippen molar-refractivity contribution in [3.63, 3.8) is 0 Å². The molecule has 1 N–H and O–H groups in total. The van der Waals surface area contributed by atoms with E-state index in [1.54, 1.807) is 4.90 Å². The molecule has 0 aliphatic carbocycles. The van der Waals surface area contributed by atoms with Gasteiger partial charge >= 0.3 is 6.09 Å². The second-order valence-corrected chi connectivity index (χ2v) is 7.48. The maximum absolute atomic E-state index is 11.7. The number of amides is 1. The first-order chi connectivity index (χ1) is 12.6. The monoisotopic (exact) mass is 361 g/mol. The van der Waals surface area contributed by atoms with Crippen LogP contribution in [0.4, 0.5) is 4.79 Å². The smallest absolute Gasteiger partial charge is 0.407 e. The molecule has 0 unspecified atom stereocenters. The van der Waals surface area contributed by atoms with E-state index in [0.29, 0.717) is 12.6 Å². The average Bonchev–Trinajstić information content (AvgIpc) is 2.64. The Morgan fingerprint density at radius 1 is 1.19 bits per heavy atom. The van der Waals surface area contributed by atoms with Crippen LogP contribution in [0, 0.1) is 0 Å². The summed E-state index contributed by atoms with van der Waals surface area (Å²) in [7, 11) is 0. The van der Waals surface area contributed by atoms with Gasteiger partial charge < -0.3 is 14.7 Å². The molecule has 3 rings (SSSR count). The molecule has 6 heteroatoms. The summed E-state index contributed by atoms with van der Waals surface area (Å²) < 4.78 is 5.63. The number of morpholine rings is 1. The van der Waals surface area contributed by atoms with Gasteiger partial charge in [0.15, 0.2) is 0 Å². The Balaban J connectivity index is 1.74. The lowest BCUT2D eigenvalue weighted by atomic mass is 10.0. The average molecular weight is 361 g/mol. The van der Waals surface area contributed by atoms with Gasteiger partial charge in [-0.2, -0.15) is 0 Å². The van der Waals surface area contributed by atoms with Gasteiger partial charge in [-0.1, -0.05) is 37.3 Å². The fraction of sp³-hybridized carbons (Fsp3) is 0.650. The van der Waals surface area contributed by atoms with Gasteiger partial charge in [0.1, 0.15) is 0 Å². The summed E-state index contributed by atoms with van der Waals surface area (Å²) in [5.41, 5.74) is 1.28. The molecule has 2 saturated heterocycles. The summed E-state index contributed by atoms with van der Waals surface area (Å²) in [5.74, 6) is 0. The van der Waals surface area contributed by atoms with Gasteiger partial charge in [-0.3, -0.25) is 9.80 Å². The number of benzene rings is 1. The van der Waals surface area contributed by atoms with Crippen molar-refractivity contribution < 1.29 is 14.6 Å². The van der Waals surface area contributed by atoms with Gasteiger partial charge in [0.2, 0.25) is 0 Å². The molecule has 0 spiro atoms. The number of rotatable bonds is 5. The number of hydrogen-bond donors (Lipinski definition) is 1. The van der Waals surface area contributed by atoms with Gasteiger partial charge in [-0.25, -0.2) is 4.79 Å². The van der Waals surface area contributed by atoms with E-state index in [-0.39, 0.29) is 12.1 Å². The minimum absolute atomic E-state index is 0.0131. The van der Waals surface area contributed by atoms with Crippen LogP contribution < -0.4 is 0 Å². The van der Waals surface area contributed by atoms with Crippen molar-refractivity contribution in [3.8, 4) is 0 Å². The topological polar surface area (TPSA) is 56.3 Å². The molecule has 1 aromatic carbocycles. The van der Waals surface area contributed by atoms with Crippen molar-refractivity contribution in [3.05, 3.63) is 35.9 Å². The van der Waals surface area contributed by atoms with E-state index in [9.17, 15) is 9.90 Å². The lowest BCUT2D eigenvalue weighted by molar-refractivity contribution is -0.0376. The number of nitrogens with zero attached hydrogens (tertiary/aromatic N) is 3. The predicted octanol–water partition coefficient (Wildman–Crippen LogP) is 2.35. The van der Waals surface area contributed by atoms with E-state index in [4.69, 9.17) is 4.74 Å². The SMILES string of the molecule is CC[C@@H]1COCCN1C[C@H]1CN(C(=O)O)[C@H](C)CN1Cc1ccccc1. The molecule has 0 bridgehead atoms. The fourth-order valence-corrected chi connectivity index (χ4v) is 4.14. The maximum atomic E-state index is 11.7. The van der Waals surface area contributed by atoms with E-state index in [2.05, 4.69) is 41.0 Å². The molecular weight excluding hydrogens is 330 g/mol. The first-order valence-electron chi connectivity index (χ1n) is 9.67. The van der Waals surface area contributed by atoms with Crippen molar-refractivity contribution >= 4 is 6.09 Å². The Kier molecular flexibility index (Phi) is 6.51. The van der Waals surface area contributed by atoms with E-state index in [0.717, 1.165) is 45.8 Å². The molecule has 2 aliphatic rings. The highest BCUT2D eigenvalue weighted by molar-refractivity contribution is 5.65. The Hall–Kier alpha value is -1.63. The van der Waals surface area contributed by atoms with Crippen LogP contribution in [0.3, 0.4) is 0 Å². The van der Waals surface area contributed by atoms with Crippen LogP contribution >= 0.6 is 0 Å². The maximum Gasteiger partial charge on any atom is 0.407 e. The zero-order valence-corrected chi connectivity index (χ0v) is 15.9. The molecule has 144 valence electrons. The molecule has 1 amide bonds. The lowest BCUT2D eigenvalue weighted by Gasteiger charge is -2.47. The van der Waals surface area contributed by atoms with Gasteiger partial charge in [-0.05, 0) is 18.9 Å². The molecule has 2 fully saturated rings. The number of carbonyl (C=O) groups is 1. The fourth-order valence-electron chi connectivity index (χ4n) is 4.14. The number of ether oxygens (including phenoxy) is 1. The zero-order valence-electron chi connectivity index (χ0n) is 15.9. The summed E-state index contributed by atoms with van der Waals surface area (Å²) in [4.78, 5) is 18.2. The van der Waals surface area contributed by atoms with Gasteiger partial charge in [0, 0.05) is 50.8 Å². The summed E-state index contributed by atoms with van der Waals surface area (Å²) in [6.45, 7) is 9.77. The summed E-state index contributed by atoms with van der Waals surface area (Å²) in [5, 5.41) is 9.58. The molecular formula is C20H31N3O3. The number of carboxylic acid groups (broad SMARTS) is 1. The third kappa shape index (κ3) is 4.55. The quantitative estimate of drug-likeness (QED) is 0.872. The van der Waals surface area contributed by atoms with Crippen molar-refractivity contribution in [1.29, 1.82) is 0 Å². The van der Waals surface area contributed by atoms with E-state index in [1.165, 1.54) is 5.56 Å². The number of hydrogen-bond acceptors (Lipinski definition) is 4. The molecule has 6 nitrogen and oxygen atoms in total. The Morgan fingerprint density at radius 3 is 2.65 bits per heavy atom.